The Morgan fingerprint density at radius 3 is 2.28 bits per heavy atom. The van der Waals surface area contributed by atoms with Crippen LogP contribution in [0.15, 0.2) is 94.3 Å². The molecule has 1 saturated heterocycles. The van der Waals surface area contributed by atoms with Gasteiger partial charge in [-0.2, -0.15) is 4.36 Å². The van der Waals surface area contributed by atoms with Crippen LogP contribution < -0.4 is 10.6 Å². The van der Waals surface area contributed by atoms with Gasteiger partial charge in [-0.05, 0) is 92.1 Å². The molecule has 0 bridgehead atoms. The molecular weight excluding hydrogens is 645 g/mol. The molecule has 1 unspecified atom stereocenters. The van der Waals surface area contributed by atoms with Gasteiger partial charge in [0, 0.05) is 29.0 Å². The maximum Gasteiger partial charge on any atom is 0.258 e. The first kappa shape index (κ1) is 33.3. The third-order valence-corrected chi connectivity index (χ3v) is 10.0. The van der Waals surface area contributed by atoms with E-state index < -0.39 is 21.5 Å². The van der Waals surface area contributed by atoms with Crippen molar-refractivity contribution in [3.8, 4) is 11.1 Å². The van der Waals surface area contributed by atoms with Gasteiger partial charge in [-0.3, -0.25) is 14.4 Å². The molecule has 1 atom stereocenters. The quantitative estimate of drug-likeness (QED) is 0.202. The van der Waals surface area contributed by atoms with E-state index in [0.29, 0.717) is 44.5 Å². The lowest BCUT2D eigenvalue weighted by atomic mass is 9.96. The first-order valence-corrected chi connectivity index (χ1v) is 17.4. The summed E-state index contributed by atoms with van der Waals surface area (Å²) in [6.07, 6.45) is 4.32. The van der Waals surface area contributed by atoms with E-state index in [1.165, 1.54) is 18.5 Å². The summed E-state index contributed by atoms with van der Waals surface area (Å²) in [5.41, 5.74) is 2.11. The number of carbonyl (C=O) groups is 3. The van der Waals surface area contributed by atoms with Gasteiger partial charge in [0.1, 0.15) is 5.82 Å². The summed E-state index contributed by atoms with van der Waals surface area (Å²) < 4.78 is 18.1. The normalized spacial score (nSPS) is 15.0. The molecule has 0 radical (unpaired) electrons. The Kier molecular flexibility index (Phi) is 10.5. The topological polar surface area (TPSA) is 121 Å². The molecule has 3 aromatic carbocycles. The number of halogens is 2. The van der Waals surface area contributed by atoms with Gasteiger partial charge in [-0.1, -0.05) is 60.5 Å². The minimum absolute atomic E-state index is 0.148. The lowest BCUT2D eigenvalue weighted by Crippen LogP contribution is -2.35. The molecule has 5 rings (SSSR count). The monoisotopic (exact) mass is 677 g/mol. The number of benzene rings is 3. The molecule has 1 aromatic heterocycles. The Bertz CT molecular complexity index is 1880. The predicted molar refractivity (Wildman–Crippen MR) is 183 cm³/mol. The van der Waals surface area contributed by atoms with Gasteiger partial charge in [0.25, 0.3) is 17.7 Å². The fraction of sp³-hybridized carbons (Fsp3) is 0.235. The lowest BCUT2D eigenvalue weighted by Gasteiger charge is -2.29. The Balaban J connectivity index is 1.33. The van der Waals surface area contributed by atoms with E-state index >= 15 is 0 Å². The summed E-state index contributed by atoms with van der Waals surface area (Å²) in [5, 5.41) is 6.20. The van der Waals surface area contributed by atoms with Crippen LogP contribution in [0.1, 0.15) is 40.5 Å². The minimum Gasteiger partial charge on any atom is -0.321 e. The molecule has 12 heteroatoms. The molecule has 2 N–H and O–H groups in total. The van der Waals surface area contributed by atoms with Gasteiger partial charge < -0.3 is 15.5 Å². The number of piperidine rings is 1. The molecule has 0 aliphatic carbocycles. The summed E-state index contributed by atoms with van der Waals surface area (Å²) in [7, 11) is -3.04. The zero-order valence-corrected chi connectivity index (χ0v) is 27.7. The zero-order chi connectivity index (χ0) is 32.8. The number of aromatic nitrogens is 1. The Labute approximate surface area is 278 Å². The van der Waals surface area contributed by atoms with E-state index in [1.54, 1.807) is 60.7 Å². The SMILES string of the molecule is CCN1CCC(C(=O)N=S(C)(=O)c2ccccc2-c2ccc(C(=O)Nc3ccc(Cl)cc3C(=O)Nc3ccc(Cl)cn3)cc2)CC1. The van der Waals surface area contributed by atoms with Crippen molar-refractivity contribution in [1.82, 2.24) is 9.88 Å². The number of pyridine rings is 1. The highest BCUT2D eigenvalue weighted by molar-refractivity contribution is 7.93. The van der Waals surface area contributed by atoms with E-state index in [1.807, 2.05) is 12.1 Å². The first-order valence-electron chi connectivity index (χ1n) is 14.8. The summed E-state index contributed by atoms with van der Waals surface area (Å²) >= 11 is 12.0. The predicted octanol–water partition coefficient (Wildman–Crippen LogP) is 7.28. The molecule has 9 nitrogen and oxygen atoms in total. The van der Waals surface area contributed by atoms with E-state index in [9.17, 15) is 18.6 Å². The third kappa shape index (κ3) is 8.00. The molecule has 2 heterocycles. The Morgan fingerprint density at radius 2 is 1.61 bits per heavy atom. The highest BCUT2D eigenvalue weighted by atomic mass is 35.5. The molecular formula is C34H33Cl2N5O4S. The summed E-state index contributed by atoms with van der Waals surface area (Å²) in [6, 6.07) is 21.6. The summed E-state index contributed by atoms with van der Waals surface area (Å²) in [6.45, 7) is 4.70. The van der Waals surface area contributed by atoms with Crippen LogP contribution in [0.25, 0.3) is 11.1 Å². The van der Waals surface area contributed by atoms with Crippen molar-refractivity contribution in [3.63, 3.8) is 0 Å². The molecule has 1 fully saturated rings. The number of likely N-dealkylation sites (tertiary alicyclic amines) is 1. The Morgan fingerprint density at radius 1 is 0.913 bits per heavy atom. The standard InChI is InChI=1S/C34H33Cl2N5O4S/c1-3-41-18-16-24(17-19-41)33(43)40-46(2,45)30-7-5-4-6-27(30)22-8-10-23(11-9-22)32(42)38-29-14-12-25(35)20-28(29)34(44)39-31-15-13-26(36)21-37-31/h4-15,20-21,24H,3,16-19H2,1-2H3,(H,38,42)(H,37,39,44). The van der Waals surface area contributed by atoms with Crippen LogP contribution in [-0.2, 0) is 14.5 Å². The van der Waals surface area contributed by atoms with E-state index in [4.69, 9.17) is 23.2 Å². The lowest BCUT2D eigenvalue weighted by molar-refractivity contribution is -0.122. The van der Waals surface area contributed by atoms with Crippen LogP contribution in [0.5, 0.6) is 0 Å². The maximum atomic E-state index is 13.9. The van der Waals surface area contributed by atoms with Crippen LogP contribution in [0.4, 0.5) is 11.5 Å². The molecule has 1 aliphatic rings. The average molecular weight is 679 g/mol. The first-order chi connectivity index (χ1) is 22.0. The van der Waals surface area contributed by atoms with Crippen LogP contribution in [0.3, 0.4) is 0 Å². The number of hydrogen-bond donors (Lipinski definition) is 2. The number of amides is 3. The number of nitrogens with zero attached hydrogens (tertiary/aromatic N) is 3. The second-order valence-corrected chi connectivity index (χ2v) is 14.1. The summed E-state index contributed by atoms with van der Waals surface area (Å²) in [4.78, 5) is 46.1. The van der Waals surface area contributed by atoms with Gasteiger partial charge in [0.2, 0.25) is 0 Å². The van der Waals surface area contributed by atoms with Crippen LogP contribution >= 0.6 is 23.2 Å². The number of hydrogen-bond acceptors (Lipinski definition) is 6. The van der Waals surface area contributed by atoms with Gasteiger partial charge in [-0.15, -0.1) is 0 Å². The third-order valence-electron chi connectivity index (χ3n) is 7.84. The van der Waals surface area contributed by atoms with E-state index in [-0.39, 0.29) is 28.9 Å². The van der Waals surface area contributed by atoms with Gasteiger partial charge in [0.15, 0.2) is 0 Å². The second-order valence-electron chi connectivity index (χ2n) is 11.0. The van der Waals surface area contributed by atoms with Crippen molar-refractivity contribution in [2.24, 2.45) is 10.3 Å². The van der Waals surface area contributed by atoms with E-state index in [2.05, 4.69) is 31.8 Å². The Hall–Kier alpha value is -4.09. The van der Waals surface area contributed by atoms with Crippen molar-refractivity contribution >= 4 is 62.2 Å². The zero-order valence-electron chi connectivity index (χ0n) is 25.3. The largest absolute Gasteiger partial charge is 0.321 e. The molecule has 3 amide bonds. The second kappa shape index (κ2) is 14.6. The van der Waals surface area contributed by atoms with Crippen molar-refractivity contribution in [1.29, 1.82) is 0 Å². The molecule has 0 spiro atoms. The van der Waals surface area contributed by atoms with Crippen LogP contribution in [0.2, 0.25) is 10.0 Å². The number of anilines is 2. The highest BCUT2D eigenvalue weighted by Crippen LogP contribution is 2.30. The van der Waals surface area contributed by atoms with Gasteiger partial charge in [0.05, 0.1) is 30.9 Å². The molecule has 4 aromatic rings. The number of nitrogens with one attached hydrogen (secondary N) is 2. The highest BCUT2D eigenvalue weighted by Gasteiger charge is 2.26. The van der Waals surface area contributed by atoms with Crippen LogP contribution in [-0.4, -0.2) is 57.7 Å². The molecule has 238 valence electrons. The van der Waals surface area contributed by atoms with Gasteiger partial charge >= 0.3 is 0 Å². The summed E-state index contributed by atoms with van der Waals surface area (Å²) in [5.74, 6) is -1.22. The fourth-order valence-corrected chi connectivity index (χ4v) is 7.07. The smallest absolute Gasteiger partial charge is 0.258 e. The molecule has 0 saturated carbocycles. The van der Waals surface area contributed by atoms with Crippen LogP contribution in [0, 0.1) is 5.92 Å². The average Bonchev–Trinajstić information content (AvgIpc) is 3.06. The minimum atomic E-state index is -3.04. The number of carbonyl (C=O) groups excluding carboxylic acids is 3. The van der Waals surface area contributed by atoms with Crippen molar-refractivity contribution in [2.75, 3.05) is 36.5 Å². The van der Waals surface area contributed by atoms with Crippen molar-refractivity contribution in [2.45, 2.75) is 24.7 Å². The van der Waals surface area contributed by atoms with Gasteiger partial charge in [-0.25, -0.2) is 9.19 Å². The van der Waals surface area contributed by atoms with Crippen molar-refractivity contribution < 1.29 is 18.6 Å². The van der Waals surface area contributed by atoms with E-state index in [0.717, 1.165) is 19.6 Å². The fourth-order valence-electron chi connectivity index (χ4n) is 5.27. The van der Waals surface area contributed by atoms with Crippen molar-refractivity contribution in [3.05, 3.63) is 106 Å². The molecule has 46 heavy (non-hydrogen) atoms. The number of rotatable bonds is 8. The molecule has 1 aliphatic heterocycles. The maximum absolute atomic E-state index is 13.9.